The first-order valence-corrected chi connectivity index (χ1v) is 9.12. The van der Waals surface area contributed by atoms with Gasteiger partial charge in [0.05, 0.1) is 17.3 Å². The maximum Gasteiger partial charge on any atom is 0.450 e. The SMILES string of the molecule is O=C(C(c1ccccc1)c1c(-c2ccccn2)[nH]c2cc(Cl)ccc12)C(F)(F)F. The summed E-state index contributed by atoms with van der Waals surface area (Å²) in [7, 11) is 0. The van der Waals surface area contributed by atoms with Crippen LogP contribution in [0, 0.1) is 0 Å². The molecule has 2 aromatic heterocycles. The van der Waals surface area contributed by atoms with E-state index in [2.05, 4.69) is 9.97 Å². The summed E-state index contributed by atoms with van der Waals surface area (Å²) in [6.45, 7) is 0. The molecule has 0 aliphatic heterocycles. The Kier molecular flexibility index (Phi) is 4.88. The van der Waals surface area contributed by atoms with Crippen LogP contribution in [0.2, 0.25) is 5.02 Å². The van der Waals surface area contributed by atoms with Gasteiger partial charge in [0.15, 0.2) is 0 Å². The van der Waals surface area contributed by atoms with Crippen molar-refractivity contribution in [3.05, 3.63) is 89.1 Å². The summed E-state index contributed by atoms with van der Waals surface area (Å²) < 4.78 is 40.7. The van der Waals surface area contributed by atoms with Gasteiger partial charge in [0.1, 0.15) is 0 Å². The highest BCUT2D eigenvalue weighted by Crippen LogP contribution is 2.42. The number of aromatic amines is 1. The number of fused-ring (bicyclic) bond motifs is 1. The number of rotatable bonds is 4. The molecule has 0 bridgehead atoms. The zero-order valence-corrected chi connectivity index (χ0v) is 15.6. The van der Waals surface area contributed by atoms with E-state index in [4.69, 9.17) is 11.6 Å². The molecule has 4 aromatic rings. The summed E-state index contributed by atoms with van der Waals surface area (Å²) >= 11 is 6.08. The maximum absolute atomic E-state index is 13.6. The number of carbonyl (C=O) groups is 1. The quantitative estimate of drug-likeness (QED) is 0.435. The van der Waals surface area contributed by atoms with Crippen LogP contribution in [-0.4, -0.2) is 21.9 Å². The molecule has 2 aromatic carbocycles. The zero-order chi connectivity index (χ0) is 20.6. The molecular formula is C22H14ClF3N2O. The Morgan fingerprint density at radius 1 is 1.00 bits per heavy atom. The first-order chi connectivity index (χ1) is 13.9. The van der Waals surface area contributed by atoms with Gasteiger partial charge in [-0.25, -0.2) is 0 Å². The molecule has 0 aliphatic rings. The molecule has 0 amide bonds. The molecule has 7 heteroatoms. The number of hydrogen-bond acceptors (Lipinski definition) is 2. The molecule has 0 radical (unpaired) electrons. The summed E-state index contributed by atoms with van der Waals surface area (Å²) in [6, 6.07) is 17.9. The van der Waals surface area contributed by atoms with Crippen LogP contribution in [0.4, 0.5) is 13.2 Å². The van der Waals surface area contributed by atoms with E-state index in [1.165, 1.54) is 12.1 Å². The van der Waals surface area contributed by atoms with Gasteiger partial charge in [0, 0.05) is 27.7 Å². The number of pyridine rings is 1. The van der Waals surface area contributed by atoms with E-state index in [1.54, 1.807) is 60.8 Å². The van der Waals surface area contributed by atoms with Gasteiger partial charge < -0.3 is 4.98 Å². The molecule has 0 spiro atoms. The van der Waals surface area contributed by atoms with Crippen LogP contribution < -0.4 is 0 Å². The Bertz CT molecular complexity index is 1170. The number of carbonyl (C=O) groups excluding carboxylic acids is 1. The molecule has 3 nitrogen and oxygen atoms in total. The van der Waals surface area contributed by atoms with Crippen molar-refractivity contribution < 1.29 is 18.0 Å². The fourth-order valence-corrected chi connectivity index (χ4v) is 3.63. The van der Waals surface area contributed by atoms with Gasteiger partial charge in [-0.15, -0.1) is 0 Å². The predicted molar refractivity (Wildman–Crippen MR) is 106 cm³/mol. The van der Waals surface area contributed by atoms with Gasteiger partial charge in [-0.1, -0.05) is 54.1 Å². The molecule has 0 fully saturated rings. The molecule has 1 atom stereocenters. The fraction of sp³-hybridized carbons (Fsp3) is 0.0909. The Labute approximate surface area is 169 Å². The predicted octanol–water partition coefficient (Wildman–Crippen LogP) is 6.15. The number of aromatic nitrogens is 2. The molecule has 0 saturated carbocycles. The highest BCUT2D eigenvalue weighted by Gasteiger charge is 2.46. The highest BCUT2D eigenvalue weighted by atomic mass is 35.5. The normalized spacial score (nSPS) is 12.8. The van der Waals surface area contributed by atoms with Gasteiger partial charge in [-0.3, -0.25) is 9.78 Å². The molecule has 2 heterocycles. The number of halogens is 4. The third-order valence-electron chi connectivity index (χ3n) is 4.68. The standard InChI is InChI=1S/C22H14ClF3N2O/c23-14-9-10-15-17(12-14)28-20(16-8-4-5-11-27-16)19(15)18(21(29)22(24,25)26)13-6-2-1-3-7-13/h1-12,18,28H. The summed E-state index contributed by atoms with van der Waals surface area (Å²) in [6.07, 6.45) is -3.46. The molecule has 4 rings (SSSR count). The number of ketones is 1. The highest BCUT2D eigenvalue weighted by molar-refractivity contribution is 6.31. The minimum Gasteiger partial charge on any atom is -0.353 e. The average molecular weight is 415 g/mol. The van der Waals surface area contributed by atoms with E-state index < -0.39 is 17.9 Å². The number of Topliss-reactive ketones (excluding diaryl/α,β-unsaturated/α-hetero) is 1. The number of H-pyrrole nitrogens is 1. The lowest BCUT2D eigenvalue weighted by Gasteiger charge is -2.19. The van der Waals surface area contributed by atoms with Crippen molar-refractivity contribution in [3.8, 4) is 11.4 Å². The van der Waals surface area contributed by atoms with Gasteiger partial charge >= 0.3 is 6.18 Å². The van der Waals surface area contributed by atoms with Crippen molar-refractivity contribution in [2.24, 2.45) is 0 Å². The largest absolute Gasteiger partial charge is 0.450 e. The molecular weight excluding hydrogens is 401 g/mol. The molecule has 0 saturated heterocycles. The van der Waals surface area contributed by atoms with E-state index in [9.17, 15) is 18.0 Å². The van der Waals surface area contributed by atoms with E-state index in [1.807, 2.05) is 0 Å². The van der Waals surface area contributed by atoms with Crippen LogP contribution in [0.15, 0.2) is 72.9 Å². The lowest BCUT2D eigenvalue weighted by atomic mass is 9.85. The Balaban J connectivity index is 2.06. The van der Waals surface area contributed by atoms with Gasteiger partial charge in [-0.2, -0.15) is 13.2 Å². The first-order valence-electron chi connectivity index (χ1n) is 8.75. The van der Waals surface area contributed by atoms with E-state index in [-0.39, 0.29) is 11.1 Å². The monoisotopic (exact) mass is 414 g/mol. The zero-order valence-electron chi connectivity index (χ0n) is 14.9. The smallest absolute Gasteiger partial charge is 0.353 e. The van der Waals surface area contributed by atoms with Crippen molar-refractivity contribution >= 4 is 28.3 Å². The molecule has 1 N–H and O–H groups in total. The first kappa shape index (κ1) is 19.2. The average Bonchev–Trinajstić information content (AvgIpc) is 3.07. The number of nitrogens with one attached hydrogen (secondary N) is 1. The number of alkyl halides is 3. The van der Waals surface area contributed by atoms with Gasteiger partial charge in [-0.05, 0) is 29.8 Å². The summed E-state index contributed by atoms with van der Waals surface area (Å²) in [4.78, 5) is 20.0. The summed E-state index contributed by atoms with van der Waals surface area (Å²) in [5.74, 6) is -3.38. The molecule has 146 valence electrons. The van der Waals surface area contributed by atoms with Crippen molar-refractivity contribution in [2.75, 3.05) is 0 Å². The van der Waals surface area contributed by atoms with E-state index in [0.29, 0.717) is 27.3 Å². The van der Waals surface area contributed by atoms with Gasteiger partial charge in [0.2, 0.25) is 5.78 Å². The minimum atomic E-state index is -5.00. The van der Waals surface area contributed by atoms with E-state index in [0.717, 1.165) is 0 Å². The lowest BCUT2D eigenvalue weighted by molar-refractivity contribution is -0.171. The van der Waals surface area contributed by atoms with Crippen LogP contribution in [-0.2, 0) is 4.79 Å². The summed E-state index contributed by atoms with van der Waals surface area (Å²) in [5, 5.41) is 0.915. The number of benzene rings is 2. The second kappa shape index (κ2) is 7.37. The van der Waals surface area contributed by atoms with Crippen LogP contribution in [0.25, 0.3) is 22.3 Å². The van der Waals surface area contributed by atoms with E-state index >= 15 is 0 Å². The van der Waals surface area contributed by atoms with Crippen molar-refractivity contribution in [1.29, 1.82) is 0 Å². The summed E-state index contributed by atoms with van der Waals surface area (Å²) in [5.41, 5.74) is 1.80. The van der Waals surface area contributed by atoms with Crippen molar-refractivity contribution in [2.45, 2.75) is 12.1 Å². The lowest BCUT2D eigenvalue weighted by Crippen LogP contribution is -2.30. The second-order valence-corrected chi connectivity index (χ2v) is 6.96. The Hall–Kier alpha value is -3.12. The Morgan fingerprint density at radius 3 is 2.38 bits per heavy atom. The third-order valence-corrected chi connectivity index (χ3v) is 4.92. The maximum atomic E-state index is 13.6. The van der Waals surface area contributed by atoms with Crippen molar-refractivity contribution in [3.63, 3.8) is 0 Å². The van der Waals surface area contributed by atoms with Crippen LogP contribution in [0.1, 0.15) is 17.0 Å². The topological polar surface area (TPSA) is 45.8 Å². The molecule has 1 unspecified atom stereocenters. The number of hydrogen-bond donors (Lipinski definition) is 1. The Morgan fingerprint density at radius 2 is 1.72 bits per heavy atom. The third kappa shape index (κ3) is 3.63. The van der Waals surface area contributed by atoms with Gasteiger partial charge in [0.25, 0.3) is 0 Å². The van der Waals surface area contributed by atoms with Crippen molar-refractivity contribution in [1.82, 2.24) is 9.97 Å². The van der Waals surface area contributed by atoms with Crippen LogP contribution in [0.3, 0.4) is 0 Å². The molecule has 29 heavy (non-hydrogen) atoms. The second-order valence-electron chi connectivity index (χ2n) is 6.52. The number of nitrogens with zero attached hydrogens (tertiary/aromatic N) is 1. The minimum absolute atomic E-state index is 0.226. The van der Waals surface area contributed by atoms with Crippen LogP contribution in [0.5, 0.6) is 0 Å². The van der Waals surface area contributed by atoms with Crippen LogP contribution >= 0.6 is 11.6 Å². The fourth-order valence-electron chi connectivity index (χ4n) is 3.46. The molecule has 0 aliphatic carbocycles.